The van der Waals surface area contributed by atoms with Crippen LogP contribution in [0.3, 0.4) is 0 Å². The van der Waals surface area contributed by atoms with Crippen molar-refractivity contribution in [3.8, 4) is 0 Å². The van der Waals surface area contributed by atoms with E-state index in [-0.39, 0.29) is 0 Å². The van der Waals surface area contributed by atoms with Gasteiger partial charge in [-0.2, -0.15) is 5.06 Å². The zero-order chi connectivity index (χ0) is 10.4. The standard InChI is InChI=1S/C12H25NO/c1-4-6-7-11-8-9-12(11)13(3)14-10-5-2/h11-12H,4-10H2,1-3H3. The molecule has 1 fully saturated rings. The van der Waals surface area contributed by atoms with Crippen molar-refractivity contribution in [3.63, 3.8) is 0 Å². The van der Waals surface area contributed by atoms with Crippen molar-refractivity contribution in [1.82, 2.24) is 5.06 Å². The molecule has 2 heteroatoms. The third-order valence-corrected chi connectivity index (χ3v) is 3.27. The van der Waals surface area contributed by atoms with E-state index in [1.54, 1.807) is 0 Å². The van der Waals surface area contributed by atoms with E-state index in [2.05, 4.69) is 26.0 Å². The van der Waals surface area contributed by atoms with Gasteiger partial charge in [0.1, 0.15) is 0 Å². The maximum atomic E-state index is 5.64. The van der Waals surface area contributed by atoms with Crippen molar-refractivity contribution in [2.45, 2.75) is 58.4 Å². The lowest BCUT2D eigenvalue weighted by atomic mass is 9.76. The maximum absolute atomic E-state index is 5.64. The molecule has 2 unspecified atom stereocenters. The maximum Gasteiger partial charge on any atom is 0.0682 e. The van der Waals surface area contributed by atoms with E-state index in [1.165, 1.54) is 32.1 Å². The van der Waals surface area contributed by atoms with Gasteiger partial charge in [0.05, 0.1) is 6.61 Å². The lowest BCUT2D eigenvalue weighted by Gasteiger charge is -2.42. The van der Waals surface area contributed by atoms with Gasteiger partial charge in [-0.15, -0.1) is 0 Å². The molecule has 0 N–H and O–H groups in total. The monoisotopic (exact) mass is 199 g/mol. The van der Waals surface area contributed by atoms with Crippen molar-refractivity contribution in [1.29, 1.82) is 0 Å². The molecule has 0 aromatic carbocycles. The molecule has 0 saturated heterocycles. The van der Waals surface area contributed by atoms with Crippen LogP contribution < -0.4 is 0 Å². The molecular formula is C12H25NO. The van der Waals surface area contributed by atoms with Crippen LogP contribution in [0.15, 0.2) is 0 Å². The van der Waals surface area contributed by atoms with Gasteiger partial charge in [-0.1, -0.05) is 26.7 Å². The fraction of sp³-hybridized carbons (Fsp3) is 1.00. The van der Waals surface area contributed by atoms with Crippen LogP contribution in [0.5, 0.6) is 0 Å². The first-order valence-electron chi connectivity index (χ1n) is 6.15. The van der Waals surface area contributed by atoms with Crippen LogP contribution in [-0.2, 0) is 4.84 Å². The summed E-state index contributed by atoms with van der Waals surface area (Å²) in [5.41, 5.74) is 0. The van der Waals surface area contributed by atoms with Gasteiger partial charge in [0.25, 0.3) is 0 Å². The smallest absolute Gasteiger partial charge is 0.0682 e. The molecule has 14 heavy (non-hydrogen) atoms. The summed E-state index contributed by atoms with van der Waals surface area (Å²) in [4.78, 5) is 5.64. The molecule has 0 aliphatic heterocycles. The molecule has 0 aromatic heterocycles. The summed E-state index contributed by atoms with van der Waals surface area (Å²) in [5, 5.41) is 2.10. The Morgan fingerprint density at radius 2 is 2.00 bits per heavy atom. The topological polar surface area (TPSA) is 12.5 Å². The summed E-state index contributed by atoms with van der Waals surface area (Å²) in [5.74, 6) is 0.900. The van der Waals surface area contributed by atoms with E-state index in [1.807, 2.05) is 0 Å². The molecule has 0 radical (unpaired) electrons. The SMILES string of the molecule is CCCCC1CCC1N(C)OCCC. The average Bonchev–Trinajstić information content (AvgIpc) is 2.13. The van der Waals surface area contributed by atoms with E-state index >= 15 is 0 Å². The van der Waals surface area contributed by atoms with Gasteiger partial charge in [0.15, 0.2) is 0 Å². The molecule has 0 spiro atoms. The first-order chi connectivity index (χ1) is 6.79. The minimum absolute atomic E-state index is 0.702. The number of hydrogen-bond acceptors (Lipinski definition) is 2. The summed E-state index contributed by atoms with van der Waals surface area (Å²) in [6.45, 7) is 5.29. The van der Waals surface area contributed by atoms with Crippen molar-refractivity contribution >= 4 is 0 Å². The lowest BCUT2D eigenvalue weighted by molar-refractivity contribution is -0.199. The quantitative estimate of drug-likeness (QED) is 0.584. The van der Waals surface area contributed by atoms with E-state index in [9.17, 15) is 0 Å². The normalized spacial score (nSPS) is 26.6. The van der Waals surface area contributed by atoms with E-state index in [0.29, 0.717) is 6.04 Å². The van der Waals surface area contributed by atoms with Gasteiger partial charge in [0, 0.05) is 13.1 Å². The zero-order valence-corrected chi connectivity index (χ0v) is 9.96. The van der Waals surface area contributed by atoms with Gasteiger partial charge in [0.2, 0.25) is 0 Å². The van der Waals surface area contributed by atoms with Crippen molar-refractivity contribution < 1.29 is 4.84 Å². The highest BCUT2D eigenvalue weighted by Crippen LogP contribution is 2.35. The lowest BCUT2D eigenvalue weighted by Crippen LogP contribution is -2.45. The second-order valence-corrected chi connectivity index (χ2v) is 4.43. The highest BCUT2D eigenvalue weighted by Gasteiger charge is 2.33. The fourth-order valence-electron chi connectivity index (χ4n) is 2.16. The molecule has 1 saturated carbocycles. The Morgan fingerprint density at radius 1 is 1.21 bits per heavy atom. The Kier molecular flexibility index (Phi) is 5.49. The summed E-state index contributed by atoms with van der Waals surface area (Å²) in [6, 6.07) is 0.702. The predicted molar refractivity (Wildman–Crippen MR) is 60.0 cm³/mol. The number of unbranched alkanes of at least 4 members (excludes halogenated alkanes) is 1. The van der Waals surface area contributed by atoms with Crippen LogP contribution in [0.1, 0.15) is 52.4 Å². The Bertz CT molecular complexity index is 139. The Morgan fingerprint density at radius 3 is 2.50 bits per heavy atom. The molecule has 1 aliphatic rings. The highest BCUT2D eigenvalue weighted by molar-refractivity contribution is 4.85. The molecule has 0 heterocycles. The van der Waals surface area contributed by atoms with Crippen molar-refractivity contribution in [2.24, 2.45) is 5.92 Å². The third kappa shape index (κ3) is 3.25. The molecule has 0 bridgehead atoms. The molecule has 1 aliphatic carbocycles. The van der Waals surface area contributed by atoms with Gasteiger partial charge >= 0.3 is 0 Å². The molecule has 84 valence electrons. The number of hydrogen-bond donors (Lipinski definition) is 0. The zero-order valence-electron chi connectivity index (χ0n) is 9.96. The number of hydroxylamine groups is 2. The van der Waals surface area contributed by atoms with E-state index < -0.39 is 0 Å². The van der Waals surface area contributed by atoms with Crippen LogP contribution in [0.2, 0.25) is 0 Å². The van der Waals surface area contributed by atoms with Gasteiger partial charge < -0.3 is 0 Å². The molecule has 0 aromatic rings. The summed E-state index contributed by atoms with van der Waals surface area (Å²) >= 11 is 0. The largest absolute Gasteiger partial charge is 0.299 e. The van der Waals surface area contributed by atoms with Crippen LogP contribution in [-0.4, -0.2) is 24.8 Å². The van der Waals surface area contributed by atoms with Crippen molar-refractivity contribution in [2.75, 3.05) is 13.7 Å². The second-order valence-electron chi connectivity index (χ2n) is 4.43. The average molecular weight is 199 g/mol. The summed E-state index contributed by atoms with van der Waals surface area (Å²) in [6.07, 6.45) is 7.93. The molecule has 2 nitrogen and oxygen atoms in total. The van der Waals surface area contributed by atoms with Gasteiger partial charge in [-0.3, -0.25) is 4.84 Å². The molecule has 2 atom stereocenters. The molecular weight excluding hydrogens is 174 g/mol. The first kappa shape index (κ1) is 12.0. The van der Waals surface area contributed by atoms with Crippen LogP contribution in [0, 0.1) is 5.92 Å². The van der Waals surface area contributed by atoms with E-state index in [4.69, 9.17) is 4.84 Å². The highest BCUT2D eigenvalue weighted by atomic mass is 16.7. The van der Waals surface area contributed by atoms with Crippen LogP contribution >= 0.6 is 0 Å². The third-order valence-electron chi connectivity index (χ3n) is 3.27. The Hall–Kier alpha value is -0.0800. The Balaban J connectivity index is 2.16. The summed E-state index contributed by atoms with van der Waals surface area (Å²) in [7, 11) is 2.10. The van der Waals surface area contributed by atoms with Crippen LogP contribution in [0.25, 0.3) is 0 Å². The molecule has 0 amide bonds. The van der Waals surface area contributed by atoms with Crippen LogP contribution in [0.4, 0.5) is 0 Å². The minimum Gasteiger partial charge on any atom is -0.299 e. The number of nitrogens with zero attached hydrogens (tertiary/aromatic N) is 1. The summed E-state index contributed by atoms with van der Waals surface area (Å²) < 4.78 is 0. The minimum atomic E-state index is 0.702. The molecule has 1 rings (SSSR count). The predicted octanol–water partition coefficient (Wildman–Crippen LogP) is 3.23. The van der Waals surface area contributed by atoms with E-state index in [0.717, 1.165) is 18.9 Å². The fourth-order valence-corrected chi connectivity index (χ4v) is 2.16. The second kappa shape index (κ2) is 6.41. The number of rotatable bonds is 7. The Labute approximate surface area is 88.6 Å². The van der Waals surface area contributed by atoms with Gasteiger partial charge in [-0.25, -0.2) is 0 Å². The van der Waals surface area contributed by atoms with Crippen molar-refractivity contribution in [3.05, 3.63) is 0 Å². The first-order valence-corrected chi connectivity index (χ1v) is 6.15. The van der Waals surface area contributed by atoms with Gasteiger partial charge in [-0.05, 0) is 31.6 Å².